The molecule has 1 saturated carbocycles. The molecule has 3 rings (SSSR count). The summed E-state index contributed by atoms with van der Waals surface area (Å²) in [6.45, 7) is 5.77. The number of rotatable bonds is 3. The van der Waals surface area contributed by atoms with Crippen LogP contribution in [0.25, 0.3) is 0 Å². The number of aromatic nitrogens is 2. The van der Waals surface area contributed by atoms with Crippen LogP contribution in [0.15, 0.2) is 12.4 Å². The second kappa shape index (κ2) is 5.13. The first-order valence-electron chi connectivity index (χ1n) is 7.25. The first-order chi connectivity index (χ1) is 9.17. The van der Waals surface area contributed by atoms with Crippen molar-refractivity contribution < 1.29 is 9.47 Å². The number of hydrogen-bond acceptors (Lipinski definition) is 4. The summed E-state index contributed by atoms with van der Waals surface area (Å²) in [5.74, 6) is -0.264. The monoisotopic (exact) mass is 265 g/mol. The van der Waals surface area contributed by atoms with Gasteiger partial charge in [-0.3, -0.25) is 4.68 Å². The summed E-state index contributed by atoms with van der Waals surface area (Å²) in [6, 6.07) is 0.911. The Kier molecular flexibility index (Phi) is 3.50. The van der Waals surface area contributed by atoms with Crippen LogP contribution in [0.5, 0.6) is 0 Å². The summed E-state index contributed by atoms with van der Waals surface area (Å²) in [4.78, 5) is 0. The smallest absolute Gasteiger partial charge is 0.168 e. The Morgan fingerprint density at radius 2 is 2.00 bits per heavy atom. The SMILES string of the molecule is CC(C)n1cc(NC2CCC3(CC2)OCCO3)cn1. The van der Waals surface area contributed by atoms with Gasteiger partial charge in [-0.15, -0.1) is 0 Å². The van der Waals surface area contributed by atoms with E-state index in [1.54, 1.807) is 0 Å². The van der Waals surface area contributed by atoms with Gasteiger partial charge < -0.3 is 14.8 Å². The Morgan fingerprint density at radius 3 is 2.58 bits per heavy atom. The second-order valence-electron chi connectivity index (χ2n) is 5.83. The first-order valence-corrected chi connectivity index (χ1v) is 7.25. The molecule has 106 valence electrons. The molecule has 0 aromatic carbocycles. The van der Waals surface area contributed by atoms with Gasteiger partial charge in [0.2, 0.25) is 0 Å². The number of nitrogens with zero attached hydrogens (tertiary/aromatic N) is 2. The van der Waals surface area contributed by atoms with E-state index in [0.717, 1.165) is 44.6 Å². The van der Waals surface area contributed by atoms with Crippen LogP contribution >= 0.6 is 0 Å². The molecule has 0 radical (unpaired) electrons. The largest absolute Gasteiger partial charge is 0.380 e. The lowest BCUT2D eigenvalue weighted by atomic mass is 9.90. The average Bonchev–Trinajstić information content (AvgIpc) is 3.02. The number of nitrogens with one attached hydrogen (secondary N) is 1. The predicted molar refractivity (Wildman–Crippen MR) is 73.1 cm³/mol. The van der Waals surface area contributed by atoms with E-state index in [2.05, 4.69) is 30.5 Å². The van der Waals surface area contributed by atoms with Crippen molar-refractivity contribution in [2.45, 2.75) is 57.4 Å². The van der Waals surface area contributed by atoms with Crippen LogP contribution in [-0.2, 0) is 9.47 Å². The fourth-order valence-electron chi connectivity index (χ4n) is 2.92. The number of ether oxygens (including phenoxy) is 2. The van der Waals surface area contributed by atoms with E-state index in [0.29, 0.717) is 12.1 Å². The summed E-state index contributed by atoms with van der Waals surface area (Å²) in [7, 11) is 0. The molecule has 1 N–H and O–H groups in total. The van der Waals surface area contributed by atoms with Crippen molar-refractivity contribution in [3.05, 3.63) is 12.4 Å². The van der Waals surface area contributed by atoms with Crippen molar-refractivity contribution >= 4 is 5.69 Å². The van der Waals surface area contributed by atoms with Gasteiger partial charge in [0, 0.05) is 31.1 Å². The molecule has 0 amide bonds. The van der Waals surface area contributed by atoms with Gasteiger partial charge in [-0.25, -0.2) is 0 Å². The summed E-state index contributed by atoms with van der Waals surface area (Å²) >= 11 is 0. The molecule has 1 saturated heterocycles. The fraction of sp³-hybridized carbons (Fsp3) is 0.786. The molecule has 0 bridgehead atoms. The molecular formula is C14H23N3O2. The molecular weight excluding hydrogens is 242 g/mol. The van der Waals surface area contributed by atoms with Crippen molar-refractivity contribution in [1.82, 2.24) is 9.78 Å². The molecule has 1 aliphatic carbocycles. The van der Waals surface area contributed by atoms with E-state index in [4.69, 9.17) is 9.47 Å². The third-order valence-corrected chi connectivity index (χ3v) is 4.06. The van der Waals surface area contributed by atoms with Crippen molar-refractivity contribution in [3.63, 3.8) is 0 Å². The minimum atomic E-state index is -0.264. The van der Waals surface area contributed by atoms with Gasteiger partial charge in [0.25, 0.3) is 0 Å². The predicted octanol–water partition coefficient (Wildman–Crippen LogP) is 2.56. The van der Waals surface area contributed by atoms with Crippen LogP contribution in [0.4, 0.5) is 5.69 Å². The molecule has 0 unspecified atom stereocenters. The Bertz CT molecular complexity index is 414. The molecule has 5 heteroatoms. The fourth-order valence-corrected chi connectivity index (χ4v) is 2.92. The Balaban J connectivity index is 1.54. The third-order valence-electron chi connectivity index (χ3n) is 4.06. The Morgan fingerprint density at radius 1 is 1.32 bits per heavy atom. The highest BCUT2D eigenvalue weighted by atomic mass is 16.7. The summed E-state index contributed by atoms with van der Waals surface area (Å²) in [5, 5.41) is 7.92. The molecule has 5 nitrogen and oxygen atoms in total. The van der Waals surface area contributed by atoms with Gasteiger partial charge in [0.05, 0.1) is 25.1 Å². The molecule has 1 spiro atoms. The van der Waals surface area contributed by atoms with E-state index in [9.17, 15) is 0 Å². The van der Waals surface area contributed by atoms with Crippen LogP contribution in [0.1, 0.15) is 45.6 Å². The maximum Gasteiger partial charge on any atom is 0.168 e. The summed E-state index contributed by atoms with van der Waals surface area (Å²) in [5.41, 5.74) is 1.11. The molecule has 2 fully saturated rings. The van der Waals surface area contributed by atoms with Crippen LogP contribution in [0.2, 0.25) is 0 Å². The highest BCUT2D eigenvalue weighted by Gasteiger charge is 2.40. The maximum absolute atomic E-state index is 5.75. The molecule has 1 aromatic rings. The van der Waals surface area contributed by atoms with Crippen molar-refractivity contribution in [1.29, 1.82) is 0 Å². The standard InChI is InChI=1S/C14H23N3O2/c1-11(2)17-10-13(9-15-17)16-12-3-5-14(6-4-12)18-7-8-19-14/h9-12,16H,3-8H2,1-2H3. The lowest BCUT2D eigenvalue weighted by Crippen LogP contribution is -2.39. The van der Waals surface area contributed by atoms with E-state index in [1.807, 2.05) is 10.9 Å². The zero-order valence-electron chi connectivity index (χ0n) is 11.8. The Labute approximate surface area is 114 Å². The number of anilines is 1. The molecule has 0 atom stereocenters. The molecule has 2 heterocycles. The van der Waals surface area contributed by atoms with Gasteiger partial charge in [-0.1, -0.05) is 0 Å². The van der Waals surface area contributed by atoms with Crippen LogP contribution in [0.3, 0.4) is 0 Å². The minimum absolute atomic E-state index is 0.264. The van der Waals surface area contributed by atoms with Gasteiger partial charge >= 0.3 is 0 Å². The van der Waals surface area contributed by atoms with E-state index in [-0.39, 0.29) is 5.79 Å². The molecule has 1 aromatic heterocycles. The Hall–Kier alpha value is -1.07. The molecule has 19 heavy (non-hydrogen) atoms. The quantitative estimate of drug-likeness (QED) is 0.912. The summed E-state index contributed by atoms with van der Waals surface area (Å²) in [6.07, 6.45) is 8.15. The third kappa shape index (κ3) is 2.77. The summed E-state index contributed by atoms with van der Waals surface area (Å²) < 4.78 is 13.5. The van der Waals surface area contributed by atoms with Gasteiger partial charge in [0.15, 0.2) is 5.79 Å². The number of hydrogen-bond donors (Lipinski definition) is 1. The van der Waals surface area contributed by atoms with Crippen molar-refractivity contribution in [3.8, 4) is 0 Å². The van der Waals surface area contributed by atoms with E-state index < -0.39 is 0 Å². The van der Waals surface area contributed by atoms with Crippen molar-refractivity contribution in [2.24, 2.45) is 0 Å². The maximum atomic E-state index is 5.75. The highest BCUT2D eigenvalue weighted by molar-refractivity contribution is 5.39. The second-order valence-corrected chi connectivity index (χ2v) is 5.83. The lowest BCUT2D eigenvalue weighted by Gasteiger charge is -2.35. The zero-order valence-corrected chi connectivity index (χ0v) is 11.8. The van der Waals surface area contributed by atoms with Crippen molar-refractivity contribution in [2.75, 3.05) is 18.5 Å². The van der Waals surface area contributed by atoms with Crippen LogP contribution < -0.4 is 5.32 Å². The van der Waals surface area contributed by atoms with Gasteiger partial charge in [-0.05, 0) is 26.7 Å². The van der Waals surface area contributed by atoms with Crippen LogP contribution in [0, 0.1) is 0 Å². The molecule has 1 aliphatic heterocycles. The van der Waals surface area contributed by atoms with E-state index in [1.165, 1.54) is 0 Å². The molecule has 2 aliphatic rings. The zero-order chi connectivity index (χ0) is 13.3. The lowest BCUT2D eigenvalue weighted by molar-refractivity contribution is -0.177. The minimum Gasteiger partial charge on any atom is -0.380 e. The van der Waals surface area contributed by atoms with Gasteiger partial charge in [-0.2, -0.15) is 5.10 Å². The average molecular weight is 265 g/mol. The first kappa shape index (κ1) is 12.9. The highest BCUT2D eigenvalue weighted by Crippen LogP contribution is 2.36. The van der Waals surface area contributed by atoms with E-state index >= 15 is 0 Å². The van der Waals surface area contributed by atoms with Crippen LogP contribution in [-0.4, -0.2) is 34.8 Å². The van der Waals surface area contributed by atoms with Gasteiger partial charge in [0.1, 0.15) is 0 Å². The topological polar surface area (TPSA) is 48.3 Å². The normalized spacial score (nSPS) is 23.3.